The van der Waals surface area contributed by atoms with Crippen LogP contribution in [0.15, 0.2) is 35.8 Å². The van der Waals surface area contributed by atoms with Gasteiger partial charge in [0.05, 0.1) is 12.5 Å². The summed E-state index contributed by atoms with van der Waals surface area (Å²) in [5.74, 6) is 0. The molecule has 0 aromatic carbocycles. The Morgan fingerprint density at radius 3 is 2.94 bits per heavy atom. The third-order valence-corrected chi connectivity index (χ3v) is 2.77. The van der Waals surface area contributed by atoms with Gasteiger partial charge in [-0.3, -0.25) is 4.79 Å². The predicted molar refractivity (Wildman–Crippen MR) is 68.1 cm³/mol. The molecule has 2 aromatic rings. The number of aryl methyl sites for hydroxylation is 2. The van der Waals surface area contributed by atoms with Crippen molar-refractivity contribution in [3.8, 4) is 0 Å². The van der Waals surface area contributed by atoms with Crippen LogP contribution in [0.1, 0.15) is 6.42 Å². The van der Waals surface area contributed by atoms with E-state index in [0.717, 1.165) is 16.5 Å². The van der Waals surface area contributed by atoms with Gasteiger partial charge < -0.3 is 4.57 Å². The zero-order valence-corrected chi connectivity index (χ0v) is 10.7. The van der Waals surface area contributed by atoms with Gasteiger partial charge in [0.1, 0.15) is 0 Å². The minimum Gasteiger partial charge on any atom is -0.337 e. The lowest BCUT2D eigenvalue weighted by atomic mass is 10.4. The Labute approximate surface area is 106 Å². The van der Waals surface area contributed by atoms with Crippen molar-refractivity contribution in [1.82, 2.24) is 19.3 Å². The molecule has 0 saturated carbocycles. The highest BCUT2D eigenvalue weighted by molar-refractivity contribution is 14.1. The largest absolute Gasteiger partial charge is 0.337 e. The van der Waals surface area contributed by atoms with Crippen molar-refractivity contribution < 1.29 is 0 Å². The lowest BCUT2D eigenvalue weighted by Crippen LogP contribution is -2.22. The van der Waals surface area contributed by atoms with Gasteiger partial charge in [-0.2, -0.15) is 5.10 Å². The van der Waals surface area contributed by atoms with Crippen molar-refractivity contribution in [2.24, 2.45) is 0 Å². The summed E-state index contributed by atoms with van der Waals surface area (Å²) in [4.78, 5) is 15.5. The van der Waals surface area contributed by atoms with Crippen molar-refractivity contribution in [2.75, 3.05) is 0 Å². The second-order valence-electron chi connectivity index (χ2n) is 3.39. The second-order valence-corrected chi connectivity index (χ2v) is 4.63. The first kappa shape index (κ1) is 11.3. The number of imidazole rings is 1. The number of aromatic nitrogens is 4. The maximum Gasteiger partial charge on any atom is 0.267 e. The molecule has 2 heterocycles. The van der Waals surface area contributed by atoms with E-state index in [-0.39, 0.29) is 5.56 Å². The highest BCUT2D eigenvalue weighted by atomic mass is 127. The summed E-state index contributed by atoms with van der Waals surface area (Å²) in [5, 5.41) is 4.07. The Bertz CT molecular complexity index is 506. The minimum atomic E-state index is -0.0440. The molecule has 0 radical (unpaired) electrons. The zero-order chi connectivity index (χ0) is 11.4. The molecule has 6 heteroatoms. The molecule has 0 bridgehead atoms. The zero-order valence-electron chi connectivity index (χ0n) is 8.58. The van der Waals surface area contributed by atoms with Crippen LogP contribution < -0.4 is 5.56 Å². The SMILES string of the molecule is O=c1cc(I)cnn1CCCn1ccnc1. The first-order valence-corrected chi connectivity index (χ1v) is 6.02. The molecule has 0 fully saturated rings. The van der Waals surface area contributed by atoms with E-state index in [1.54, 1.807) is 24.8 Å². The molecule has 0 aliphatic rings. The summed E-state index contributed by atoms with van der Waals surface area (Å²) in [6.07, 6.45) is 7.98. The number of nitrogens with zero attached hydrogens (tertiary/aromatic N) is 4. The Kier molecular flexibility index (Phi) is 3.70. The molecule has 0 aliphatic carbocycles. The predicted octanol–water partition coefficient (Wildman–Crippen LogP) is 1.13. The fraction of sp³-hybridized carbons (Fsp3) is 0.300. The van der Waals surface area contributed by atoms with Gasteiger partial charge in [-0.15, -0.1) is 0 Å². The van der Waals surface area contributed by atoms with Gasteiger partial charge in [-0.1, -0.05) is 0 Å². The van der Waals surface area contributed by atoms with Crippen LogP contribution in [0.2, 0.25) is 0 Å². The van der Waals surface area contributed by atoms with E-state index in [1.807, 2.05) is 10.8 Å². The van der Waals surface area contributed by atoms with Crippen LogP contribution in [0.4, 0.5) is 0 Å². The molecule has 5 nitrogen and oxygen atoms in total. The molecular formula is C10H11IN4O. The Morgan fingerprint density at radius 1 is 1.38 bits per heavy atom. The molecule has 2 aromatic heterocycles. The molecule has 0 saturated heterocycles. The summed E-state index contributed by atoms with van der Waals surface area (Å²) in [5.41, 5.74) is -0.0440. The number of halogens is 1. The van der Waals surface area contributed by atoms with E-state index in [2.05, 4.69) is 32.7 Å². The first-order chi connectivity index (χ1) is 7.75. The molecule has 84 valence electrons. The maximum atomic E-state index is 11.5. The van der Waals surface area contributed by atoms with E-state index in [0.29, 0.717) is 6.54 Å². The van der Waals surface area contributed by atoms with Crippen molar-refractivity contribution in [3.05, 3.63) is 44.9 Å². The number of hydrogen-bond donors (Lipinski definition) is 0. The summed E-state index contributed by atoms with van der Waals surface area (Å²) in [7, 11) is 0. The van der Waals surface area contributed by atoms with Crippen molar-refractivity contribution in [1.29, 1.82) is 0 Å². The molecule has 0 amide bonds. The van der Waals surface area contributed by atoms with Gasteiger partial charge in [0, 0.05) is 35.1 Å². The number of rotatable bonds is 4. The lowest BCUT2D eigenvalue weighted by molar-refractivity contribution is 0.506. The van der Waals surface area contributed by atoms with Gasteiger partial charge in [-0.05, 0) is 29.0 Å². The molecule has 0 atom stereocenters. The molecule has 2 rings (SSSR count). The summed E-state index contributed by atoms with van der Waals surface area (Å²) in [6.45, 7) is 1.48. The molecular weight excluding hydrogens is 319 g/mol. The highest BCUT2D eigenvalue weighted by Crippen LogP contribution is 1.97. The van der Waals surface area contributed by atoms with Gasteiger partial charge in [0.15, 0.2) is 0 Å². The maximum absolute atomic E-state index is 11.5. The van der Waals surface area contributed by atoms with Gasteiger partial charge in [0.25, 0.3) is 5.56 Å². The Morgan fingerprint density at radius 2 is 2.25 bits per heavy atom. The smallest absolute Gasteiger partial charge is 0.267 e. The second kappa shape index (κ2) is 5.24. The van der Waals surface area contributed by atoms with Gasteiger partial charge in [-0.25, -0.2) is 9.67 Å². The molecule has 0 unspecified atom stereocenters. The van der Waals surface area contributed by atoms with E-state index >= 15 is 0 Å². The normalized spacial score (nSPS) is 10.6. The molecule has 0 N–H and O–H groups in total. The lowest BCUT2D eigenvalue weighted by Gasteiger charge is -2.04. The van der Waals surface area contributed by atoms with Crippen LogP contribution in [0.25, 0.3) is 0 Å². The van der Waals surface area contributed by atoms with Crippen molar-refractivity contribution in [2.45, 2.75) is 19.5 Å². The van der Waals surface area contributed by atoms with Crippen molar-refractivity contribution >= 4 is 22.6 Å². The quantitative estimate of drug-likeness (QED) is 0.790. The minimum absolute atomic E-state index is 0.0440. The van der Waals surface area contributed by atoms with Crippen molar-refractivity contribution in [3.63, 3.8) is 0 Å². The third-order valence-electron chi connectivity index (χ3n) is 2.18. The van der Waals surface area contributed by atoms with Crippen LogP contribution in [0, 0.1) is 3.57 Å². The average molecular weight is 330 g/mol. The van der Waals surface area contributed by atoms with E-state index in [1.165, 1.54) is 4.68 Å². The monoisotopic (exact) mass is 330 g/mol. The standard InChI is InChI=1S/C10H11IN4O/c11-9-6-10(16)15(13-7-9)4-1-3-14-5-2-12-8-14/h2,5-8H,1,3-4H2. The summed E-state index contributed by atoms with van der Waals surface area (Å²) >= 11 is 2.08. The fourth-order valence-corrected chi connectivity index (χ4v) is 1.79. The van der Waals surface area contributed by atoms with E-state index in [9.17, 15) is 4.79 Å². The summed E-state index contributed by atoms with van der Waals surface area (Å²) in [6, 6.07) is 1.59. The van der Waals surface area contributed by atoms with Crippen LogP contribution in [-0.2, 0) is 13.1 Å². The van der Waals surface area contributed by atoms with Gasteiger partial charge in [0.2, 0.25) is 0 Å². The van der Waals surface area contributed by atoms with E-state index < -0.39 is 0 Å². The molecule has 0 spiro atoms. The molecule has 0 aliphatic heterocycles. The summed E-state index contributed by atoms with van der Waals surface area (Å²) < 4.78 is 4.34. The van der Waals surface area contributed by atoms with E-state index in [4.69, 9.17) is 0 Å². The fourth-order valence-electron chi connectivity index (χ4n) is 1.40. The third kappa shape index (κ3) is 2.91. The van der Waals surface area contributed by atoms with Gasteiger partial charge >= 0.3 is 0 Å². The highest BCUT2D eigenvalue weighted by Gasteiger charge is 1.98. The average Bonchev–Trinajstić information content (AvgIpc) is 2.74. The van der Waals surface area contributed by atoms with Crippen LogP contribution in [0.3, 0.4) is 0 Å². The van der Waals surface area contributed by atoms with Crippen LogP contribution in [-0.4, -0.2) is 19.3 Å². The van der Waals surface area contributed by atoms with Crippen LogP contribution in [0.5, 0.6) is 0 Å². The van der Waals surface area contributed by atoms with Crippen LogP contribution >= 0.6 is 22.6 Å². The first-order valence-electron chi connectivity index (χ1n) is 4.94. The molecule has 16 heavy (non-hydrogen) atoms. The number of hydrogen-bond acceptors (Lipinski definition) is 3. The Balaban J connectivity index is 1.92. The Hall–Kier alpha value is -1.18. The topological polar surface area (TPSA) is 52.7 Å².